The summed E-state index contributed by atoms with van der Waals surface area (Å²) in [6.45, 7) is 6.25. The van der Waals surface area contributed by atoms with Gasteiger partial charge in [0.1, 0.15) is 5.15 Å². The number of halogens is 1. The minimum Gasteiger partial charge on any atom is -0.322 e. The second-order valence-corrected chi connectivity index (χ2v) is 5.64. The molecule has 1 heterocycles. The second kappa shape index (κ2) is 6.72. The molecule has 110 valence electrons. The molecule has 0 fully saturated rings. The Balaban J connectivity index is 2.15. The van der Waals surface area contributed by atoms with Crippen LogP contribution in [0.4, 0.5) is 5.69 Å². The molecule has 1 aromatic carbocycles. The van der Waals surface area contributed by atoms with Gasteiger partial charge in [-0.1, -0.05) is 44.5 Å². The molecule has 0 aliphatic rings. The average molecular weight is 303 g/mol. The van der Waals surface area contributed by atoms with Crippen LogP contribution in [0.25, 0.3) is 0 Å². The highest BCUT2D eigenvalue weighted by Gasteiger charge is 2.09. The molecule has 0 aliphatic heterocycles. The van der Waals surface area contributed by atoms with Crippen LogP contribution in [0.1, 0.15) is 48.3 Å². The second-order valence-electron chi connectivity index (χ2n) is 5.25. The minimum absolute atomic E-state index is 0.175. The van der Waals surface area contributed by atoms with Gasteiger partial charge in [0.2, 0.25) is 0 Å². The summed E-state index contributed by atoms with van der Waals surface area (Å²) in [6.07, 6.45) is 0.740. The topological polar surface area (TPSA) is 42.0 Å². The molecule has 0 saturated heterocycles. The Morgan fingerprint density at radius 3 is 2.48 bits per heavy atom. The van der Waals surface area contributed by atoms with Crippen LogP contribution < -0.4 is 5.32 Å². The third-order valence-electron chi connectivity index (χ3n) is 3.31. The smallest absolute Gasteiger partial charge is 0.255 e. The Kier molecular flexibility index (Phi) is 4.97. The van der Waals surface area contributed by atoms with Crippen molar-refractivity contribution in [1.82, 2.24) is 4.98 Å². The molecule has 1 N–H and O–H groups in total. The lowest BCUT2D eigenvalue weighted by Crippen LogP contribution is -2.12. The molecule has 2 aromatic rings. The average Bonchev–Trinajstić information content (AvgIpc) is 2.47. The number of amides is 1. The lowest BCUT2D eigenvalue weighted by molar-refractivity contribution is 0.102. The molecule has 0 saturated carbocycles. The van der Waals surface area contributed by atoms with Gasteiger partial charge in [0, 0.05) is 16.9 Å². The number of benzene rings is 1. The highest BCUT2D eigenvalue weighted by atomic mass is 35.5. The molecule has 0 bridgehead atoms. The van der Waals surface area contributed by atoms with Crippen molar-refractivity contribution in [1.29, 1.82) is 0 Å². The van der Waals surface area contributed by atoms with Crippen molar-refractivity contribution in [3.8, 4) is 0 Å². The summed E-state index contributed by atoms with van der Waals surface area (Å²) in [5.41, 5.74) is 3.35. The SMILES string of the molecule is CCc1cc(C(=O)Nc2ccc(C(C)C)cc2)cc(Cl)n1. The summed E-state index contributed by atoms with van der Waals surface area (Å²) >= 11 is 5.94. The lowest BCUT2D eigenvalue weighted by Gasteiger charge is -2.09. The van der Waals surface area contributed by atoms with E-state index in [0.717, 1.165) is 17.8 Å². The maximum Gasteiger partial charge on any atom is 0.255 e. The van der Waals surface area contributed by atoms with E-state index in [0.29, 0.717) is 16.6 Å². The number of rotatable bonds is 4. The van der Waals surface area contributed by atoms with Crippen LogP contribution in [0.3, 0.4) is 0 Å². The first-order valence-electron chi connectivity index (χ1n) is 7.07. The van der Waals surface area contributed by atoms with E-state index in [9.17, 15) is 4.79 Å². The number of carbonyl (C=O) groups excluding carboxylic acids is 1. The molecule has 3 nitrogen and oxygen atoms in total. The van der Waals surface area contributed by atoms with E-state index in [-0.39, 0.29) is 5.91 Å². The van der Waals surface area contributed by atoms with Gasteiger partial charge < -0.3 is 5.32 Å². The maximum absolute atomic E-state index is 12.3. The Morgan fingerprint density at radius 1 is 1.24 bits per heavy atom. The van der Waals surface area contributed by atoms with Crippen LogP contribution >= 0.6 is 11.6 Å². The summed E-state index contributed by atoms with van der Waals surface area (Å²) in [5, 5.41) is 3.22. The molecule has 4 heteroatoms. The van der Waals surface area contributed by atoms with Crippen molar-refractivity contribution in [2.24, 2.45) is 0 Å². The van der Waals surface area contributed by atoms with Crippen molar-refractivity contribution in [2.75, 3.05) is 5.32 Å². The van der Waals surface area contributed by atoms with Crippen molar-refractivity contribution in [3.63, 3.8) is 0 Å². The van der Waals surface area contributed by atoms with Crippen LogP contribution in [0.15, 0.2) is 36.4 Å². The fourth-order valence-corrected chi connectivity index (χ4v) is 2.24. The van der Waals surface area contributed by atoms with E-state index in [1.165, 1.54) is 5.56 Å². The number of aryl methyl sites for hydroxylation is 1. The Morgan fingerprint density at radius 2 is 1.90 bits per heavy atom. The number of hydrogen-bond donors (Lipinski definition) is 1. The molecular weight excluding hydrogens is 284 g/mol. The van der Waals surface area contributed by atoms with Gasteiger partial charge in [-0.15, -0.1) is 0 Å². The molecule has 1 amide bonds. The van der Waals surface area contributed by atoms with Crippen molar-refractivity contribution in [2.45, 2.75) is 33.1 Å². The number of nitrogens with one attached hydrogen (secondary N) is 1. The zero-order chi connectivity index (χ0) is 15.4. The van der Waals surface area contributed by atoms with Crippen LogP contribution in [-0.4, -0.2) is 10.9 Å². The van der Waals surface area contributed by atoms with Gasteiger partial charge in [0.25, 0.3) is 5.91 Å². The van der Waals surface area contributed by atoms with Crippen LogP contribution in [0, 0.1) is 0 Å². The first kappa shape index (κ1) is 15.5. The molecule has 1 aromatic heterocycles. The predicted octanol–water partition coefficient (Wildman–Crippen LogP) is 4.67. The molecule has 0 spiro atoms. The standard InChI is InChI=1S/C17H19ClN2O/c1-4-14-9-13(10-16(18)19-14)17(21)20-15-7-5-12(6-8-15)11(2)3/h5-11H,4H2,1-3H3,(H,20,21). The number of pyridine rings is 1. The quantitative estimate of drug-likeness (QED) is 0.834. The van der Waals surface area contributed by atoms with Crippen LogP contribution in [0.2, 0.25) is 5.15 Å². The van der Waals surface area contributed by atoms with Crippen molar-refractivity contribution >= 4 is 23.2 Å². The molecule has 0 atom stereocenters. The van der Waals surface area contributed by atoms with Crippen molar-refractivity contribution < 1.29 is 4.79 Å². The Bertz CT molecular complexity index is 636. The van der Waals surface area contributed by atoms with Gasteiger partial charge in [-0.05, 0) is 42.2 Å². The summed E-state index contributed by atoms with van der Waals surface area (Å²) in [7, 11) is 0. The summed E-state index contributed by atoms with van der Waals surface area (Å²) in [5.74, 6) is 0.298. The van der Waals surface area contributed by atoms with E-state index in [1.54, 1.807) is 12.1 Å². The Hall–Kier alpha value is -1.87. The highest BCUT2D eigenvalue weighted by Crippen LogP contribution is 2.18. The molecule has 0 radical (unpaired) electrons. The van der Waals surface area contributed by atoms with E-state index in [2.05, 4.69) is 24.1 Å². The van der Waals surface area contributed by atoms with Gasteiger partial charge in [0.05, 0.1) is 0 Å². The zero-order valence-corrected chi connectivity index (χ0v) is 13.2. The van der Waals surface area contributed by atoms with Gasteiger partial charge in [-0.3, -0.25) is 4.79 Å². The molecular formula is C17H19ClN2O. The van der Waals surface area contributed by atoms with E-state index >= 15 is 0 Å². The van der Waals surface area contributed by atoms with Gasteiger partial charge in [-0.25, -0.2) is 4.98 Å². The summed E-state index contributed by atoms with van der Waals surface area (Å²) in [4.78, 5) is 16.4. The Labute approximate surface area is 130 Å². The number of aromatic nitrogens is 1. The summed E-state index contributed by atoms with van der Waals surface area (Å²) < 4.78 is 0. The van der Waals surface area contributed by atoms with Gasteiger partial charge in [0.15, 0.2) is 0 Å². The third kappa shape index (κ3) is 4.05. The summed E-state index contributed by atoms with van der Waals surface area (Å²) in [6, 6.07) is 11.2. The number of hydrogen-bond acceptors (Lipinski definition) is 2. The highest BCUT2D eigenvalue weighted by molar-refractivity contribution is 6.29. The predicted molar refractivity (Wildman–Crippen MR) is 87.1 cm³/mol. The third-order valence-corrected chi connectivity index (χ3v) is 3.50. The number of anilines is 1. The van der Waals surface area contributed by atoms with Gasteiger partial charge >= 0.3 is 0 Å². The minimum atomic E-state index is -0.175. The van der Waals surface area contributed by atoms with Crippen molar-refractivity contribution in [3.05, 3.63) is 58.4 Å². The molecule has 0 aliphatic carbocycles. The molecule has 2 rings (SSSR count). The van der Waals surface area contributed by atoms with Crippen LogP contribution in [0.5, 0.6) is 0 Å². The fourth-order valence-electron chi connectivity index (χ4n) is 2.02. The normalized spacial score (nSPS) is 10.7. The first-order chi connectivity index (χ1) is 9.99. The number of nitrogens with zero attached hydrogens (tertiary/aromatic N) is 1. The maximum atomic E-state index is 12.3. The van der Waals surface area contributed by atoms with E-state index in [4.69, 9.17) is 11.6 Å². The van der Waals surface area contributed by atoms with Crippen LogP contribution in [-0.2, 0) is 6.42 Å². The molecule has 21 heavy (non-hydrogen) atoms. The monoisotopic (exact) mass is 302 g/mol. The zero-order valence-electron chi connectivity index (χ0n) is 12.5. The van der Waals surface area contributed by atoms with Gasteiger partial charge in [-0.2, -0.15) is 0 Å². The fraction of sp³-hybridized carbons (Fsp3) is 0.294. The first-order valence-corrected chi connectivity index (χ1v) is 7.45. The number of carbonyl (C=O) groups is 1. The lowest BCUT2D eigenvalue weighted by atomic mass is 10.0. The van der Waals surface area contributed by atoms with E-state index in [1.807, 2.05) is 31.2 Å². The largest absolute Gasteiger partial charge is 0.322 e. The molecule has 0 unspecified atom stereocenters. The van der Waals surface area contributed by atoms with E-state index < -0.39 is 0 Å².